The fraction of sp³-hybridized carbons (Fsp3) is 0.0909. The van der Waals surface area contributed by atoms with E-state index in [4.69, 9.17) is 11.5 Å². The SMILES string of the molecule is Nc1cc(NCc2ccccc2Br)nc(N)n1. The molecule has 5 N–H and O–H groups in total. The lowest BCUT2D eigenvalue weighted by molar-refractivity contribution is 1.09. The summed E-state index contributed by atoms with van der Waals surface area (Å²) in [6.45, 7) is 0.636. The van der Waals surface area contributed by atoms with Gasteiger partial charge in [-0.15, -0.1) is 0 Å². The minimum absolute atomic E-state index is 0.166. The van der Waals surface area contributed by atoms with Gasteiger partial charge in [0.25, 0.3) is 0 Å². The van der Waals surface area contributed by atoms with Crippen molar-refractivity contribution in [3.05, 3.63) is 40.4 Å². The summed E-state index contributed by atoms with van der Waals surface area (Å²) >= 11 is 3.48. The van der Waals surface area contributed by atoms with Crippen LogP contribution < -0.4 is 16.8 Å². The topological polar surface area (TPSA) is 89.8 Å². The molecule has 2 aromatic rings. The molecule has 1 heterocycles. The van der Waals surface area contributed by atoms with Crippen molar-refractivity contribution < 1.29 is 0 Å². The van der Waals surface area contributed by atoms with Gasteiger partial charge in [0, 0.05) is 17.1 Å². The summed E-state index contributed by atoms with van der Waals surface area (Å²) in [6, 6.07) is 9.59. The summed E-state index contributed by atoms with van der Waals surface area (Å²) in [4.78, 5) is 7.84. The number of nitrogens with zero attached hydrogens (tertiary/aromatic N) is 2. The highest BCUT2D eigenvalue weighted by molar-refractivity contribution is 9.10. The van der Waals surface area contributed by atoms with E-state index in [9.17, 15) is 0 Å². The van der Waals surface area contributed by atoms with E-state index in [0.717, 1.165) is 10.0 Å². The van der Waals surface area contributed by atoms with E-state index < -0.39 is 0 Å². The van der Waals surface area contributed by atoms with Crippen molar-refractivity contribution in [3.8, 4) is 0 Å². The van der Waals surface area contributed by atoms with Crippen molar-refractivity contribution in [2.75, 3.05) is 16.8 Å². The van der Waals surface area contributed by atoms with E-state index in [1.165, 1.54) is 0 Å². The summed E-state index contributed by atoms with van der Waals surface area (Å²) in [5.74, 6) is 1.14. The first-order valence-electron chi connectivity index (χ1n) is 5.02. The Bertz CT molecular complexity index is 509. The number of aromatic nitrogens is 2. The number of hydrogen-bond acceptors (Lipinski definition) is 5. The lowest BCUT2D eigenvalue weighted by atomic mass is 10.2. The van der Waals surface area contributed by atoms with Crippen LogP contribution in [0.5, 0.6) is 0 Å². The number of nitrogen functional groups attached to an aromatic ring is 2. The highest BCUT2D eigenvalue weighted by Crippen LogP contribution is 2.17. The lowest BCUT2D eigenvalue weighted by Crippen LogP contribution is -2.06. The summed E-state index contributed by atoms with van der Waals surface area (Å²) in [5, 5.41) is 3.14. The maximum Gasteiger partial charge on any atom is 0.223 e. The van der Waals surface area contributed by atoms with Gasteiger partial charge in [-0.05, 0) is 11.6 Å². The Morgan fingerprint density at radius 3 is 2.65 bits per heavy atom. The fourth-order valence-electron chi connectivity index (χ4n) is 1.40. The molecule has 0 aliphatic carbocycles. The summed E-state index contributed by atoms with van der Waals surface area (Å²) in [7, 11) is 0. The average molecular weight is 294 g/mol. The summed E-state index contributed by atoms with van der Waals surface area (Å²) in [6.07, 6.45) is 0. The average Bonchev–Trinajstić information content (AvgIpc) is 2.27. The first kappa shape index (κ1) is 11.7. The second-order valence-electron chi connectivity index (χ2n) is 3.48. The van der Waals surface area contributed by atoms with Gasteiger partial charge in [-0.3, -0.25) is 0 Å². The number of halogens is 1. The van der Waals surface area contributed by atoms with Crippen LogP contribution in [0, 0.1) is 0 Å². The van der Waals surface area contributed by atoms with Crippen molar-refractivity contribution in [2.45, 2.75) is 6.54 Å². The molecule has 0 aliphatic rings. The second-order valence-corrected chi connectivity index (χ2v) is 4.34. The minimum Gasteiger partial charge on any atom is -0.383 e. The van der Waals surface area contributed by atoms with Crippen LogP contribution in [-0.4, -0.2) is 9.97 Å². The zero-order valence-electron chi connectivity index (χ0n) is 9.02. The molecule has 17 heavy (non-hydrogen) atoms. The zero-order valence-corrected chi connectivity index (χ0v) is 10.6. The molecule has 5 nitrogen and oxygen atoms in total. The Morgan fingerprint density at radius 1 is 1.18 bits per heavy atom. The fourth-order valence-corrected chi connectivity index (χ4v) is 1.83. The smallest absolute Gasteiger partial charge is 0.223 e. The first-order chi connectivity index (χ1) is 8.15. The number of benzene rings is 1. The van der Waals surface area contributed by atoms with Crippen LogP contribution in [0.2, 0.25) is 0 Å². The van der Waals surface area contributed by atoms with Crippen molar-refractivity contribution >= 4 is 33.5 Å². The molecule has 0 spiro atoms. The lowest BCUT2D eigenvalue weighted by Gasteiger charge is -2.08. The van der Waals surface area contributed by atoms with Gasteiger partial charge in [-0.1, -0.05) is 34.1 Å². The van der Waals surface area contributed by atoms with E-state index in [-0.39, 0.29) is 5.95 Å². The van der Waals surface area contributed by atoms with Crippen LogP contribution in [0.25, 0.3) is 0 Å². The Kier molecular flexibility index (Phi) is 3.43. The number of nitrogens with one attached hydrogen (secondary N) is 1. The van der Waals surface area contributed by atoms with Crippen LogP contribution in [0.3, 0.4) is 0 Å². The van der Waals surface area contributed by atoms with Gasteiger partial charge in [-0.2, -0.15) is 9.97 Å². The van der Waals surface area contributed by atoms with Crippen LogP contribution in [0.1, 0.15) is 5.56 Å². The van der Waals surface area contributed by atoms with Crippen molar-refractivity contribution in [1.29, 1.82) is 0 Å². The van der Waals surface area contributed by atoms with Gasteiger partial charge < -0.3 is 16.8 Å². The number of rotatable bonds is 3. The molecular formula is C11H12BrN5. The zero-order chi connectivity index (χ0) is 12.3. The van der Waals surface area contributed by atoms with Gasteiger partial charge in [0.1, 0.15) is 11.6 Å². The predicted octanol–water partition coefficient (Wildman–Crippen LogP) is 2.02. The predicted molar refractivity (Wildman–Crippen MR) is 72.3 cm³/mol. The minimum atomic E-state index is 0.166. The molecule has 1 aromatic heterocycles. The molecule has 88 valence electrons. The second kappa shape index (κ2) is 5.01. The van der Waals surface area contributed by atoms with Crippen molar-refractivity contribution in [2.24, 2.45) is 0 Å². The van der Waals surface area contributed by atoms with Crippen LogP contribution in [0.4, 0.5) is 17.6 Å². The number of hydrogen-bond donors (Lipinski definition) is 3. The molecule has 0 fully saturated rings. The molecule has 0 amide bonds. The van der Waals surface area contributed by atoms with Gasteiger partial charge in [-0.25, -0.2) is 0 Å². The molecule has 2 rings (SSSR count). The molecule has 0 unspecified atom stereocenters. The van der Waals surface area contributed by atoms with E-state index in [0.29, 0.717) is 18.2 Å². The largest absolute Gasteiger partial charge is 0.383 e. The highest BCUT2D eigenvalue weighted by Gasteiger charge is 2.01. The molecule has 0 saturated heterocycles. The number of nitrogens with two attached hydrogens (primary N) is 2. The maximum absolute atomic E-state index is 5.58. The number of anilines is 3. The summed E-state index contributed by atoms with van der Waals surface area (Å²) in [5.41, 5.74) is 12.2. The van der Waals surface area contributed by atoms with Crippen LogP contribution >= 0.6 is 15.9 Å². The molecule has 0 radical (unpaired) electrons. The van der Waals surface area contributed by atoms with Crippen LogP contribution in [0.15, 0.2) is 34.8 Å². The molecule has 0 aliphatic heterocycles. The monoisotopic (exact) mass is 293 g/mol. The van der Waals surface area contributed by atoms with E-state index in [1.54, 1.807) is 6.07 Å². The molecule has 1 aromatic carbocycles. The quantitative estimate of drug-likeness (QED) is 0.805. The van der Waals surface area contributed by atoms with E-state index >= 15 is 0 Å². The highest BCUT2D eigenvalue weighted by atomic mass is 79.9. The first-order valence-corrected chi connectivity index (χ1v) is 5.82. The van der Waals surface area contributed by atoms with Gasteiger partial charge >= 0.3 is 0 Å². The standard InChI is InChI=1S/C11H12BrN5/c12-8-4-2-1-3-7(8)6-15-10-5-9(13)16-11(14)17-10/h1-5H,6H2,(H5,13,14,15,16,17). The Balaban J connectivity index is 2.10. The molecule has 0 saturated carbocycles. The third kappa shape index (κ3) is 3.07. The normalized spacial score (nSPS) is 10.2. The molecular weight excluding hydrogens is 282 g/mol. The molecule has 0 atom stereocenters. The summed E-state index contributed by atoms with van der Waals surface area (Å²) < 4.78 is 1.04. The van der Waals surface area contributed by atoms with Crippen molar-refractivity contribution in [3.63, 3.8) is 0 Å². The van der Waals surface area contributed by atoms with Gasteiger partial charge in [0.05, 0.1) is 0 Å². The Morgan fingerprint density at radius 2 is 1.94 bits per heavy atom. The van der Waals surface area contributed by atoms with Gasteiger partial charge in [0.15, 0.2) is 0 Å². The Labute approximate surface area is 107 Å². The molecule has 6 heteroatoms. The third-order valence-electron chi connectivity index (χ3n) is 2.18. The van der Waals surface area contributed by atoms with E-state index in [1.807, 2.05) is 24.3 Å². The van der Waals surface area contributed by atoms with Crippen molar-refractivity contribution in [1.82, 2.24) is 9.97 Å². The maximum atomic E-state index is 5.58. The van der Waals surface area contributed by atoms with Gasteiger partial charge in [0.2, 0.25) is 5.95 Å². The third-order valence-corrected chi connectivity index (χ3v) is 2.95. The van der Waals surface area contributed by atoms with Crippen LogP contribution in [-0.2, 0) is 6.54 Å². The Hall–Kier alpha value is -1.82. The van der Waals surface area contributed by atoms with E-state index in [2.05, 4.69) is 31.2 Å². The molecule has 0 bridgehead atoms.